The Bertz CT molecular complexity index is 1030. The van der Waals surface area contributed by atoms with E-state index in [0.29, 0.717) is 34.8 Å². The van der Waals surface area contributed by atoms with Crippen molar-refractivity contribution in [2.45, 2.75) is 56.6 Å². The van der Waals surface area contributed by atoms with Crippen molar-refractivity contribution in [3.63, 3.8) is 0 Å². The minimum Gasteiger partial charge on any atom is -0.591 e. The first-order chi connectivity index (χ1) is 13.5. The molecule has 1 unspecified atom stereocenters. The van der Waals surface area contributed by atoms with Crippen LogP contribution in [0.1, 0.15) is 46.1 Å². The Kier molecular flexibility index (Phi) is 6.43. The lowest BCUT2D eigenvalue weighted by atomic mass is 9.95. The smallest absolute Gasteiger partial charge is 0.223 e. The molecule has 1 fully saturated rings. The molecule has 0 aromatic carbocycles. The largest absolute Gasteiger partial charge is 0.591 e. The van der Waals surface area contributed by atoms with Gasteiger partial charge in [0.25, 0.3) is 0 Å². The Morgan fingerprint density at radius 1 is 1.31 bits per heavy atom. The van der Waals surface area contributed by atoms with Crippen molar-refractivity contribution in [2.24, 2.45) is 4.40 Å². The molecular formula is C19H24ClN3O4S2. The average Bonchev–Trinajstić information content (AvgIpc) is 2.61. The van der Waals surface area contributed by atoms with Gasteiger partial charge in [-0.1, -0.05) is 22.9 Å². The van der Waals surface area contributed by atoms with Gasteiger partial charge >= 0.3 is 0 Å². The van der Waals surface area contributed by atoms with Gasteiger partial charge in [-0.05, 0) is 26.8 Å². The fourth-order valence-corrected chi connectivity index (χ4v) is 5.04. The van der Waals surface area contributed by atoms with Crippen LogP contribution in [0.3, 0.4) is 0 Å². The standard InChI is InChI=1S/C19H24ClN3O4S2/c1-5-29(25,26)14-6-13(7-14)27-18-16-11-21-17(20)8-15(16)12(9-22-18)10-23-28(24)19(2,3)4/h8-11,13-14H,5-7H2,1-4H3. The van der Waals surface area contributed by atoms with Crippen LogP contribution in [0.2, 0.25) is 5.15 Å². The number of fused-ring (bicyclic) bond motifs is 1. The third-order valence-electron chi connectivity index (χ3n) is 4.78. The van der Waals surface area contributed by atoms with Crippen LogP contribution in [0.5, 0.6) is 5.88 Å². The highest BCUT2D eigenvalue weighted by molar-refractivity contribution is 7.92. The number of pyridine rings is 2. The van der Waals surface area contributed by atoms with E-state index >= 15 is 0 Å². The van der Waals surface area contributed by atoms with Crippen LogP contribution in [-0.4, -0.2) is 51.0 Å². The first-order valence-electron chi connectivity index (χ1n) is 9.30. The van der Waals surface area contributed by atoms with Crippen LogP contribution in [-0.2, 0) is 21.2 Å². The van der Waals surface area contributed by atoms with Gasteiger partial charge < -0.3 is 9.29 Å². The molecule has 1 saturated carbocycles. The van der Waals surface area contributed by atoms with Gasteiger partial charge in [0.1, 0.15) is 27.4 Å². The van der Waals surface area contributed by atoms with Crippen molar-refractivity contribution in [1.82, 2.24) is 9.97 Å². The Labute approximate surface area is 179 Å². The summed E-state index contributed by atoms with van der Waals surface area (Å²) in [7, 11) is -3.05. The van der Waals surface area contributed by atoms with Gasteiger partial charge in [0.05, 0.1) is 16.9 Å². The zero-order valence-electron chi connectivity index (χ0n) is 16.8. The van der Waals surface area contributed by atoms with E-state index in [2.05, 4.69) is 14.4 Å². The molecule has 0 aliphatic heterocycles. The molecule has 10 heteroatoms. The van der Waals surface area contributed by atoms with Crippen LogP contribution < -0.4 is 4.74 Å². The van der Waals surface area contributed by atoms with Gasteiger partial charge in [-0.2, -0.15) is 0 Å². The van der Waals surface area contributed by atoms with Crippen LogP contribution in [0.15, 0.2) is 22.9 Å². The third kappa shape index (κ3) is 5.02. The van der Waals surface area contributed by atoms with Gasteiger partial charge in [0, 0.05) is 41.9 Å². The Balaban J connectivity index is 1.85. The van der Waals surface area contributed by atoms with Gasteiger partial charge in [-0.15, -0.1) is 0 Å². The van der Waals surface area contributed by atoms with Crippen molar-refractivity contribution < 1.29 is 17.7 Å². The molecule has 3 rings (SSSR count). The Hall–Kier alpha value is -1.42. The Morgan fingerprint density at radius 2 is 2.00 bits per heavy atom. The maximum Gasteiger partial charge on any atom is 0.223 e. The predicted molar refractivity (Wildman–Crippen MR) is 117 cm³/mol. The second-order valence-electron chi connectivity index (χ2n) is 7.95. The number of sulfone groups is 1. The number of ether oxygens (including phenoxy) is 1. The van der Waals surface area contributed by atoms with E-state index in [1.807, 2.05) is 20.8 Å². The van der Waals surface area contributed by atoms with Crippen molar-refractivity contribution in [3.8, 4) is 5.88 Å². The van der Waals surface area contributed by atoms with Gasteiger partial charge in [-0.25, -0.2) is 18.4 Å². The van der Waals surface area contributed by atoms with E-state index in [1.54, 1.807) is 25.4 Å². The highest BCUT2D eigenvalue weighted by atomic mass is 35.5. The van der Waals surface area contributed by atoms with Crippen molar-refractivity contribution in [3.05, 3.63) is 29.2 Å². The summed E-state index contributed by atoms with van der Waals surface area (Å²) in [6.07, 6.45) is 5.36. The lowest BCUT2D eigenvalue weighted by Gasteiger charge is -2.34. The Morgan fingerprint density at radius 3 is 2.62 bits per heavy atom. The molecule has 1 atom stereocenters. The van der Waals surface area contributed by atoms with Crippen LogP contribution in [0.4, 0.5) is 0 Å². The monoisotopic (exact) mass is 457 g/mol. The molecule has 0 spiro atoms. The minimum absolute atomic E-state index is 0.137. The summed E-state index contributed by atoms with van der Waals surface area (Å²) in [6.45, 7) is 7.19. The van der Waals surface area contributed by atoms with Crippen molar-refractivity contribution in [1.29, 1.82) is 0 Å². The molecule has 29 heavy (non-hydrogen) atoms. The average molecular weight is 458 g/mol. The highest BCUT2D eigenvalue weighted by Crippen LogP contribution is 2.34. The molecule has 1 aliphatic rings. The number of rotatable bonds is 6. The zero-order chi connectivity index (χ0) is 21.4. The number of hydrogen-bond donors (Lipinski definition) is 0. The molecule has 2 aromatic rings. The molecule has 2 aromatic heterocycles. The van der Waals surface area contributed by atoms with E-state index in [1.165, 1.54) is 6.21 Å². The normalized spacial score (nSPS) is 21.3. The summed E-state index contributed by atoms with van der Waals surface area (Å²) in [5.74, 6) is 0.508. The van der Waals surface area contributed by atoms with E-state index in [-0.39, 0.29) is 17.1 Å². The number of aromatic nitrogens is 2. The SMILES string of the molecule is CCS(=O)(=O)C1CC(Oc2ncc(C=N[S+]([O-])C(C)(C)C)c3cc(Cl)ncc23)C1. The number of hydrogen-bond acceptors (Lipinski definition) is 7. The number of halogens is 1. The third-order valence-corrected chi connectivity index (χ3v) is 8.54. The molecule has 158 valence electrons. The summed E-state index contributed by atoms with van der Waals surface area (Å²) in [6, 6.07) is 1.68. The van der Waals surface area contributed by atoms with Gasteiger partial charge in [-0.3, -0.25) is 0 Å². The van der Waals surface area contributed by atoms with E-state index < -0.39 is 25.9 Å². The molecular weight excluding hydrogens is 434 g/mol. The first-order valence-corrected chi connectivity index (χ1v) is 12.5. The molecule has 1 aliphatic carbocycles. The fourth-order valence-electron chi connectivity index (χ4n) is 2.87. The minimum atomic E-state index is -3.05. The second kappa shape index (κ2) is 8.37. The molecule has 7 nitrogen and oxygen atoms in total. The fraction of sp³-hybridized carbons (Fsp3) is 0.526. The predicted octanol–water partition coefficient (Wildman–Crippen LogP) is 3.51. The summed E-state index contributed by atoms with van der Waals surface area (Å²) in [5, 5.41) is 1.32. The van der Waals surface area contributed by atoms with E-state index in [9.17, 15) is 13.0 Å². The van der Waals surface area contributed by atoms with Gasteiger partial charge in [0.15, 0.2) is 9.84 Å². The van der Waals surface area contributed by atoms with E-state index in [4.69, 9.17) is 16.3 Å². The van der Waals surface area contributed by atoms with Crippen LogP contribution in [0, 0.1) is 0 Å². The van der Waals surface area contributed by atoms with Crippen LogP contribution >= 0.6 is 11.6 Å². The first kappa shape index (κ1) is 22.3. The summed E-state index contributed by atoms with van der Waals surface area (Å²) < 4.78 is 45.7. The maximum atomic E-state index is 12.2. The molecule has 2 heterocycles. The molecule has 0 saturated heterocycles. The van der Waals surface area contributed by atoms with Crippen molar-refractivity contribution >= 4 is 49.8 Å². The van der Waals surface area contributed by atoms with Crippen LogP contribution in [0.25, 0.3) is 10.8 Å². The maximum absolute atomic E-state index is 12.2. The zero-order valence-corrected chi connectivity index (χ0v) is 19.1. The molecule has 0 bridgehead atoms. The molecule has 0 radical (unpaired) electrons. The summed E-state index contributed by atoms with van der Waals surface area (Å²) in [4.78, 5) is 8.47. The van der Waals surface area contributed by atoms with Gasteiger partial charge in [0.2, 0.25) is 5.88 Å². The lowest BCUT2D eigenvalue weighted by molar-refractivity contribution is 0.119. The number of nitrogens with zero attached hydrogens (tertiary/aromatic N) is 3. The van der Waals surface area contributed by atoms with Crippen molar-refractivity contribution in [2.75, 3.05) is 5.75 Å². The molecule has 0 amide bonds. The molecule has 0 N–H and O–H groups in total. The highest BCUT2D eigenvalue weighted by Gasteiger charge is 2.39. The quantitative estimate of drug-likeness (QED) is 0.373. The lowest BCUT2D eigenvalue weighted by Crippen LogP contribution is -2.43. The summed E-state index contributed by atoms with van der Waals surface area (Å²) in [5.41, 5.74) is 0.647. The van der Waals surface area contributed by atoms with E-state index in [0.717, 1.165) is 5.39 Å². The second-order valence-corrected chi connectivity index (χ2v) is 12.8. The summed E-state index contributed by atoms with van der Waals surface area (Å²) >= 11 is 4.66. The topological polar surface area (TPSA) is 105 Å².